The van der Waals surface area contributed by atoms with E-state index in [-0.39, 0.29) is 5.69 Å². The largest absolute Gasteiger partial charge is 0.477 e. The van der Waals surface area contributed by atoms with E-state index in [0.29, 0.717) is 16.3 Å². The van der Waals surface area contributed by atoms with Crippen molar-refractivity contribution in [1.82, 2.24) is 4.57 Å². The summed E-state index contributed by atoms with van der Waals surface area (Å²) in [7, 11) is 1.67. The molecular weight excluding hydrogens is 340 g/mol. The maximum absolute atomic E-state index is 11.5. The Hall–Kier alpha value is -1.71. The van der Waals surface area contributed by atoms with Gasteiger partial charge in [-0.25, -0.2) is 9.64 Å². The highest BCUT2D eigenvalue weighted by Gasteiger charge is 2.26. The maximum Gasteiger partial charge on any atom is 0.351 e. The molecule has 0 radical (unpaired) electrons. The number of nitrogens with zero attached hydrogens (tertiary/aromatic N) is 2. The van der Waals surface area contributed by atoms with E-state index in [0.717, 1.165) is 10.0 Å². The number of aromatic nitrogens is 1. The Kier molecular flexibility index (Phi) is 4.21. The first-order valence-corrected chi connectivity index (χ1v) is 7.66. The zero-order valence-corrected chi connectivity index (χ0v) is 13.2. The third kappa shape index (κ3) is 2.35. The highest BCUT2D eigenvalue weighted by atomic mass is 79.9. The number of hydrogen-bond donors (Lipinski definition) is 1. The van der Waals surface area contributed by atoms with Crippen LogP contribution in [0.3, 0.4) is 0 Å². The van der Waals surface area contributed by atoms with Gasteiger partial charge in [-0.15, -0.1) is 11.8 Å². The summed E-state index contributed by atoms with van der Waals surface area (Å²) in [6.07, 6.45) is 1.83. The summed E-state index contributed by atoms with van der Waals surface area (Å²) < 4.78 is 2.47. The van der Waals surface area contributed by atoms with Gasteiger partial charge in [0, 0.05) is 17.1 Å². The number of carboxylic acids is 1. The Balaban J connectivity index is 2.83. The van der Waals surface area contributed by atoms with Crippen LogP contribution in [0.5, 0.6) is 0 Å². The van der Waals surface area contributed by atoms with Crippen molar-refractivity contribution in [3.05, 3.63) is 45.8 Å². The van der Waals surface area contributed by atoms with Crippen molar-refractivity contribution in [3.8, 4) is 11.1 Å². The minimum absolute atomic E-state index is 0.141. The fraction of sp³-hybridized carbons (Fsp3) is 0.143. The molecule has 1 aromatic carbocycles. The molecule has 6 heteroatoms. The molecule has 0 aliphatic carbocycles. The summed E-state index contributed by atoms with van der Waals surface area (Å²) >= 11 is 4.72. The zero-order valence-electron chi connectivity index (χ0n) is 10.8. The van der Waals surface area contributed by atoms with Gasteiger partial charge in [-0.2, -0.15) is 0 Å². The molecule has 2 rings (SSSR count). The van der Waals surface area contributed by atoms with Crippen LogP contribution in [-0.2, 0) is 7.05 Å². The predicted octanol–water partition coefficient (Wildman–Crippen LogP) is 4.43. The Morgan fingerprint density at radius 1 is 1.40 bits per heavy atom. The summed E-state index contributed by atoms with van der Waals surface area (Å²) in [4.78, 5) is 15.1. The van der Waals surface area contributed by atoms with Gasteiger partial charge in [-0.05, 0) is 24.0 Å². The van der Waals surface area contributed by atoms with Gasteiger partial charge in [-0.3, -0.25) is 0 Å². The number of halogens is 1. The summed E-state index contributed by atoms with van der Waals surface area (Å²) in [6, 6.07) is 7.29. The van der Waals surface area contributed by atoms with E-state index in [1.54, 1.807) is 11.6 Å². The molecule has 0 amide bonds. The zero-order chi connectivity index (χ0) is 14.9. The standard InChI is InChI=1S/C14H11BrN2O2S/c1-16-11-10(8-4-6-9(15)7-5-8)12(14(18)19)17(2)13(11)20-3/h4-7H,2-3H3,(H,18,19). The monoisotopic (exact) mass is 350 g/mol. The van der Waals surface area contributed by atoms with E-state index >= 15 is 0 Å². The number of benzene rings is 1. The Labute approximate surface area is 129 Å². The van der Waals surface area contributed by atoms with E-state index in [1.165, 1.54) is 11.8 Å². The van der Waals surface area contributed by atoms with Gasteiger partial charge in [0.25, 0.3) is 0 Å². The van der Waals surface area contributed by atoms with Crippen LogP contribution in [0.2, 0.25) is 0 Å². The molecule has 102 valence electrons. The molecule has 2 aromatic rings. The fourth-order valence-electron chi connectivity index (χ4n) is 2.12. The van der Waals surface area contributed by atoms with Crippen molar-refractivity contribution in [2.45, 2.75) is 5.03 Å². The van der Waals surface area contributed by atoms with Gasteiger partial charge in [-0.1, -0.05) is 28.1 Å². The second-order valence-corrected chi connectivity index (χ2v) is 5.77. The molecule has 1 aromatic heterocycles. The van der Waals surface area contributed by atoms with Crippen molar-refractivity contribution in [2.24, 2.45) is 7.05 Å². The van der Waals surface area contributed by atoms with Crippen molar-refractivity contribution < 1.29 is 9.90 Å². The molecule has 1 N–H and O–H groups in total. The number of carboxylic acid groups (broad SMARTS) is 1. The smallest absolute Gasteiger partial charge is 0.351 e. The number of carbonyl (C=O) groups is 1. The Morgan fingerprint density at radius 2 is 2.00 bits per heavy atom. The summed E-state index contributed by atoms with van der Waals surface area (Å²) in [6.45, 7) is 7.37. The van der Waals surface area contributed by atoms with Crippen molar-refractivity contribution in [3.63, 3.8) is 0 Å². The van der Waals surface area contributed by atoms with E-state index in [1.807, 2.05) is 30.5 Å². The maximum atomic E-state index is 11.5. The third-order valence-electron chi connectivity index (χ3n) is 2.96. The lowest BCUT2D eigenvalue weighted by atomic mass is 10.0. The van der Waals surface area contributed by atoms with Gasteiger partial charge in [0.2, 0.25) is 5.69 Å². The van der Waals surface area contributed by atoms with Crippen LogP contribution in [0.4, 0.5) is 5.69 Å². The summed E-state index contributed by atoms with van der Waals surface area (Å²) in [5, 5.41) is 10.1. The van der Waals surface area contributed by atoms with Gasteiger partial charge >= 0.3 is 5.97 Å². The molecule has 0 atom stereocenters. The van der Waals surface area contributed by atoms with E-state index in [4.69, 9.17) is 6.57 Å². The molecule has 0 aliphatic heterocycles. The Bertz CT molecular complexity index is 714. The van der Waals surface area contributed by atoms with Crippen molar-refractivity contribution >= 4 is 39.3 Å². The average Bonchev–Trinajstić information content (AvgIpc) is 2.71. The quantitative estimate of drug-likeness (QED) is 0.658. The molecule has 20 heavy (non-hydrogen) atoms. The lowest BCUT2D eigenvalue weighted by molar-refractivity contribution is 0.0686. The fourth-order valence-corrected chi connectivity index (χ4v) is 3.10. The highest BCUT2D eigenvalue weighted by molar-refractivity contribution is 9.10. The molecule has 0 bridgehead atoms. The summed E-state index contributed by atoms with van der Waals surface area (Å²) in [5.41, 5.74) is 1.74. The van der Waals surface area contributed by atoms with Crippen molar-refractivity contribution in [2.75, 3.05) is 6.26 Å². The predicted molar refractivity (Wildman–Crippen MR) is 83.6 cm³/mol. The third-order valence-corrected chi connectivity index (χ3v) is 4.34. The second-order valence-electron chi connectivity index (χ2n) is 4.06. The molecular formula is C14H11BrN2O2S. The number of hydrogen-bond acceptors (Lipinski definition) is 2. The second kappa shape index (κ2) is 5.73. The topological polar surface area (TPSA) is 46.6 Å². The summed E-state index contributed by atoms with van der Waals surface area (Å²) in [5.74, 6) is -1.03. The normalized spacial score (nSPS) is 10.3. The van der Waals surface area contributed by atoms with Crippen LogP contribution in [0.1, 0.15) is 10.5 Å². The molecule has 0 unspecified atom stereocenters. The average molecular weight is 351 g/mol. The van der Waals surface area contributed by atoms with Gasteiger partial charge in [0.1, 0.15) is 5.69 Å². The van der Waals surface area contributed by atoms with Crippen LogP contribution in [0.15, 0.2) is 33.8 Å². The first kappa shape index (κ1) is 14.7. The molecule has 0 spiro atoms. The minimum Gasteiger partial charge on any atom is -0.477 e. The van der Waals surface area contributed by atoms with Crippen LogP contribution in [0.25, 0.3) is 16.0 Å². The highest BCUT2D eigenvalue weighted by Crippen LogP contribution is 2.43. The van der Waals surface area contributed by atoms with Gasteiger partial charge in [0.05, 0.1) is 11.6 Å². The Morgan fingerprint density at radius 3 is 2.45 bits per heavy atom. The lowest BCUT2D eigenvalue weighted by Gasteiger charge is -2.04. The molecule has 0 aliphatic rings. The lowest BCUT2D eigenvalue weighted by Crippen LogP contribution is -2.06. The van der Waals surface area contributed by atoms with Gasteiger partial charge < -0.3 is 9.67 Å². The minimum atomic E-state index is -1.03. The first-order valence-electron chi connectivity index (χ1n) is 5.64. The van der Waals surface area contributed by atoms with E-state index < -0.39 is 5.97 Å². The van der Waals surface area contributed by atoms with Crippen molar-refractivity contribution in [1.29, 1.82) is 0 Å². The van der Waals surface area contributed by atoms with Crippen LogP contribution in [-0.4, -0.2) is 21.9 Å². The van der Waals surface area contributed by atoms with Crippen LogP contribution in [0, 0.1) is 6.57 Å². The van der Waals surface area contributed by atoms with E-state index in [2.05, 4.69) is 20.8 Å². The molecule has 0 saturated heterocycles. The first-order chi connectivity index (χ1) is 9.51. The van der Waals surface area contributed by atoms with Crippen LogP contribution >= 0.6 is 27.7 Å². The SMILES string of the molecule is [C-]#[N+]c1c(-c2ccc(Br)cc2)c(C(=O)O)n(C)c1SC. The van der Waals surface area contributed by atoms with Gasteiger partial charge in [0.15, 0.2) is 0 Å². The molecule has 0 saturated carbocycles. The van der Waals surface area contributed by atoms with E-state index in [9.17, 15) is 9.90 Å². The number of aromatic carboxylic acids is 1. The molecule has 0 fully saturated rings. The molecule has 1 heterocycles. The number of rotatable bonds is 3. The van der Waals surface area contributed by atoms with Crippen LogP contribution < -0.4 is 0 Å². The number of thioether (sulfide) groups is 1. The molecule has 4 nitrogen and oxygen atoms in total.